The molecule has 0 heterocycles. The summed E-state index contributed by atoms with van der Waals surface area (Å²) in [7, 11) is 0. The molecule has 1 rings (SSSR count). The average molecular weight is 778 g/mol. The molecule has 0 aromatic heterocycles. The summed E-state index contributed by atoms with van der Waals surface area (Å²) in [6.07, 6.45) is 39.6. The monoisotopic (exact) mass is 778 g/mol. The van der Waals surface area contributed by atoms with Crippen molar-refractivity contribution in [3.63, 3.8) is 0 Å². The topological polar surface area (TPSA) is 76.1 Å². The van der Waals surface area contributed by atoms with Gasteiger partial charge in [-0.2, -0.15) is 0 Å². The second kappa shape index (κ2) is 38.4. The lowest BCUT2D eigenvalue weighted by atomic mass is 9.82. The van der Waals surface area contributed by atoms with Crippen LogP contribution in [0.4, 0.5) is 0 Å². The lowest BCUT2D eigenvalue weighted by molar-refractivity contribution is -0.150. The number of carbonyl (C=O) groups excluding carboxylic acids is 2. The van der Waals surface area contributed by atoms with Crippen molar-refractivity contribution in [1.29, 1.82) is 0 Å². The van der Waals surface area contributed by atoms with Crippen LogP contribution in [0.15, 0.2) is 0 Å². The van der Waals surface area contributed by atoms with Crippen molar-refractivity contribution in [3.05, 3.63) is 0 Å². The number of ether oxygens (including phenoxy) is 2. The molecule has 0 saturated heterocycles. The highest BCUT2D eigenvalue weighted by atomic mass is 16.5. The first kappa shape index (κ1) is 51.9. The summed E-state index contributed by atoms with van der Waals surface area (Å²) in [6, 6.07) is 0. The number of rotatable bonds is 42. The van der Waals surface area contributed by atoms with E-state index in [0.29, 0.717) is 19.1 Å². The molecule has 6 heteroatoms. The van der Waals surface area contributed by atoms with Gasteiger partial charge in [0.15, 0.2) is 0 Å². The Morgan fingerprint density at radius 3 is 1.15 bits per heavy atom. The Hall–Kier alpha value is -1.14. The fraction of sp³-hybridized carbons (Fsp3) is 0.959. The molecular weight excluding hydrogens is 683 g/mol. The Morgan fingerprint density at radius 1 is 0.473 bits per heavy atom. The third-order valence-electron chi connectivity index (χ3n) is 12.2. The highest BCUT2D eigenvalue weighted by Crippen LogP contribution is 2.28. The van der Waals surface area contributed by atoms with Crippen molar-refractivity contribution < 1.29 is 24.2 Å². The predicted octanol–water partition coefficient (Wildman–Crippen LogP) is 13.9. The van der Waals surface area contributed by atoms with Gasteiger partial charge in [0.05, 0.1) is 31.2 Å². The van der Waals surface area contributed by atoms with E-state index in [0.717, 1.165) is 110 Å². The van der Waals surface area contributed by atoms with Gasteiger partial charge in [0.1, 0.15) is 0 Å². The minimum absolute atomic E-state index is 0.0579. The first-order valence-corrected chi connectivity index (χ1v) is 24.7. The molecule has 1 N–H and O–H groups in total. The van der Waals surface area contributed by atoms with E-state index in [1.54, 1.807) is 0 Å². The van der Waals surface area contributed by atoms with Crippen LogP contribution >= 0.6 is 0 Å². The smallest absolute Gasteiger partial charge is 0.308 e. The molecule has 2 atom stereocenters. The van der Waals surface area contributed by atoms with E-state index in [1.165, 1.54) is 128 Å². The fourth-order valence-electron chi connectivity index (χ4n) is 8.41. The minimum Gasteiger partial charge on any atom is -0.465 e. The third kappa shape index (κ3) is 30.6. The first-order chi connectivity index (χ1) is 26.9. The summed E-state index contributed by atoms with van der Waals surface area (Å²) >= 11 is 0. The highest BCUT2D eigenvalue weighted by Gasteiger charge is 2.28. The number of carbonyl (C=O) groups is 2. The molecule has 1 aliphatic rings. The molecule has 326 valence electrons. The van der Waals surface area contributed by atoms with Crippen LogP contribution in [-0.4, -0.2) is 60.9 Å². The van der Waals surface area contributed by atoms with Crippen LogP contribution < -0.4 is 0 Å². The molecule has 1 aliphatic carbocycles. The predicted molar refractivity (Wildman–Crippen MR) is 235 cm³/mol. The van der Waals surface area contributed by atoms with Gasteiger partial charge >= 0.3 is 11.9 Å². The van der Waals surface area contributed by atoms with Crippen LogP contribution in [-0.2, 0) is 19.1 Å². The van der Waals surface area contributed by atoms with E-state index in [1.807, 2.05) is 0 Å². The molecule has 0 amide bonds. The van der Waals surface area contributed by atoms with Gasteiger partial charge in [0.2, 0.25) is 0 Å². The van der Waals surface area contributed by atoms with Crippen molar-refractivity contribution in [3.8, 4) is 0 Å². The number of unbranched alkanes of at least 4 members (excludes halogenated alkanes) is 22. The summed E-state index contributed by atoms with van der Waals surface area (Å²) in [6.45, 7) is 13.5. The van der Waals surface area contributed by atoms with Crippen molar-refractivity contribution in [2.45, 2.75) is 252 Å². The number of aliphatic hydroxyl groups is 1. The summed E-state index contributed by atoms with van der Waals surface area (Å²) in [5.74, 6) is 0.930. The van der Waals surface area contributed by atoms with Gasteiger partial charge in [-0.15, -0.1) is 0 Å². The molecule has 0 aromatic carbocycles. The molecule has 0 radical (unpaired) electrons. The van der Waals surface area contributed by atoms with Gasteiger partial charge in [-0.05, 0) is 83.2 Å². The maximum atomic E-state index is 13.0. The van der Waals surface area contributed by atoms with E-state index in [2.05, 4.69) is 32.6 Å². The van der Waals surface area contributed by atoms with Crippen molar-refractivity contribution in [1.82, 2.24) is 4.90 Å². The average Bonchev–Trinajstić information content (AvgIpc) is 3.17. The summed E-state index contributed by atoms with van der Waals surface area (Å²) in [4.78, 5) is 28.6. The van der Waals surface area contributed by atoms with Crippen molar-refractivity contribution in [2.24, 2.45) is 17.8 Å². The van der Waals surface area contributed by atoms with Gasteiger partial charge in [-0.3, -0.25) is 9.59 Å². The van der Waals surface area contributed by atoms with E-state index < -0.39 is 0 Å². The first-order valence-electron chi connectivity index (χ1n) is 24.7. The van der Waals surface area contributed by atoms with Gasteiger partial charge in [-0.1, -0.05) is 182 Å². The number of aliphatic hydroxyl groups excluding tert-OH is 1. The Bertz CT molecular complexity index is 787. The Labute approximate surface area is 342 Å². The number of esters is 2. The van der Waals surface area contributed by atoms with Gasteiger partial charge in [0.25, 0.3) is 0 Å². The summed E-state index contributed by atoms with van der Waals surface area (Å²) < 4.78 is 11.7. The molecular formula is C49H95NO5. The largest absolute Gasteiger partial charge is 0.465 e. The zero-order valence-electron chi connectivity index (χ0n) is 37.4. The number of hydrogen-bond donors (Lipinski definition) is 1. The molecule has 0 spiro atoms. The molecule has 55 heavy (non-hydrogen) atoms. The van der Waals surface area contributed by atoms with E-state index in [-0.39, 0.29) is 29.9 Å². The molecule has 1 saturated carbocycles. The number of hydrogen-bond acceptors (Lipinski definition) is 6. The Morgan fingerprint density at radius 2 is 0.782 bits per heavy atom. The molecule has 1 fully saturated rings. The van der Waals surface area contributed by atoms with Crippen LogP contribution in [0.2, 0.25) is 0 Å². The third-order valence-corrected chi connectivity index (χ3v) is 12.2. The quantitative estimate of drug-likeness (QED) is 0.0491. The minimum atomic E-state index is -0.0965. The normalized spacial score (nSPS) is 16.6. The molecule has 6 nitrogen and oxygen atoms in total. The second-order valence-electron chi connectivity index (χ2n) is 17.7. The molecule has 0 aromatic rings. The van der Waals surface area contributed by atoms with E-state index in [9.17, 15) is 14.7 Å². The molecule has 0 aliphatic heterocycles. The van der Waals surface area contributed by atoms with Crippen LogP contribution in [0.25, 0.3) is 0 Å². The maximum absolute atomic E-state index is 13.0. The fourth-order valence-corrected chi connectivity index (χ4v) is 8.41. The van der Waals surface area contributed by atoms with Crippen LogP contribution in [0.3, 0.4) is 0 Å². The summed E-state index contributed by atoms with van der Waals surface area (Å²) in [5.41, 5.74) is 0. The zero-order chi connectivity index (χ0) is 40.0. The van der Waals surface area contributed by atoms with Gasteiger partial charge in [0, 0.05) is 6.54 Å². The molecule has 0 bridgehead atoms. The number of nitrogens with zero attached hydrogens (tertiary/aromatic N) is 1. The SMILES string of the molecule is CCCCCCCCC(CCCCCC)C(=O)OCCCCCCN(CCCCCCOC(=O)C(CCCCCC)CCCCCCCC)CC1CC(O)C1. The van der Waals surface area contributed by atoms with E-state index in [4.69, 9.17) is 9.47 Å². The summed E-state index contributed by atoms with van der Waals surface area (Å²) in [5, 5.41) is 9.87. The lowest BCUT2D eigenvalue weighted by Gasteiger charge is -2.36. The lowest BCUT2D eigenvalue weighted by Crippen LogP contribution is -2.39. The van der Waals surface area contributed by atoms with Crippen molar-refractivity contribution >= 4 is 11.9 Å². The standard InChI is InChI=1S/C49H95NO5/c1-5-9-13-17-19-27-35-45(33-25-15-11-7-3)48(52)54-39-31-23-21-29-37-50(43-44-41-47(51)42-44)38-30-22-24-32-40-55-49(53)46(34-26-16-12-8-4)36-28-20-18-14-10-6-2/h44-47,51H,5-43H2,1-4H3. The van der Waals surface area contributed by atoms with Gasteiger partial charge < -0.3 is 19.5 Å². The molecule has 2 unspecified atom stereocenters. The Balaban J connectivity index is 2.31. The van der Waals surface area contributed by atoms with Crippen LogP contribution in [0, 0.1) is 17.8 Å². The van der Waals surface area contributed by atoms with E-state index >= 15 is 0 Å². The highest BCUT2D eigenvalue weighted by molar-refractivity contribution is 5.72. The second-order valence-corrected chi connectivity index (χ2v) is 17.7. The van der Waals surface area contributed by atoms with Crippen LogP contribution in [0.1, 0.15) is 246 Å². The Kier molecular flexibility index (Phi) is 36.2. The zero-order valence-corrected chi connectivity index (χ0v) is 37.4. The van der Waals surface area contributed by atoms with Crippen molar-refractivity contribution in [2.75, 3.05) is 32.8 Å². The van der Waals surface area contributed by atoms with Crippen LogP contribution in [0.5, 0.6) is 0 Å². The maximum Gasteiger partial charge on any atom is 0.308 e. The van der Waals surface area contributed by atoms with Gasteiger partial charge in [-0.25, -0.2) is 0 Å².